The van der Waals surface area contributed by atoms with Gasteiger partial charge in [-0.25, -0.2) is 4.98 Å². The summed E-state index contributed by atoms with van der Waals surface area (Å²) in [4.78, 5) is 26.8. The van der Waals surface area contributed by atoms with Crippen molar-refractivity contribution in [2.75, 3.05) is 6.54 Å². The van der Waals surface area contributed by atoms with E-state index in [0.29, 0.717) is 12.5 Å². The van der Waals surface area contributed by atoms with Gasteiger partial charge < -0.3 is 10.6 Å². The Morgan fingerprint density at radius 3 is 2.63 bits per heavy atom. The lowest BCUT2D eigenvalue weighted by Crippen LogP contribution is -2.45. The maximum Gasteiger partial charge on any atom is 0.252 e. The fourth-order valence-electron chi connectivity index (χ4n) is 1.35. The summed E-state index contributed by atoms with van der Waals surface area (Å²) >= 11 is 0. The molecule has 1 aromatic heterocycles. The van der Waals surface area contributed by atoms with E-state index in [1.54, 1.807) is 6.92 Å². The zero-order chi connectivity index (χ0) is 14.4. The Labute approximate surface area is 111 Å². The molecule has 0 aliphatic carbocycles. The Balaban J connectivity index is 2.54. The summed E-state index contributed by atoms with van der Waals surface area (Å²) in [6, 6.07) is 1.73. The van der Waals surface area contributed by atoms with Crippen molar-refractivity contribution in [3.63, 3.8) is 0 Å². The lowest BCUT2D eigenvalue weighted by atomic mass is 10.2. The van der Waals surface area contributed by atoms with E-state index in [2.05, 4.69) is 15.6 Å². The predicted octanol–water partition coefficient (Wildman–Crippen LogP) is 1.11. The molecule has 0 saturated heterocycles. The van der Waals surface area contributed by atoms with E-state index in [1.165, 1.54) is 12.3 Å². The van der Waals surface area contributed by atoms with Crippen molar-refractivity contribution < 1.29 is 14.0 Å². The number of carbonyl (C=O) groups excluding carboxylic acids is 2. The van der Waals surface area contributed by atoms with Gasteiger partial charge in [0, 0.05) is 24.4 Å². The molecule has 0 aromatic carbocycles. The van der Waals surface area contributed by atoms with Gasteiger partial charge in [0.1, 0.15) is 6.04 Å². The topological polar surface area (TPSA) is 71.1 Å². The average molecular weight is 267 g/mol. The Morgan fingerprint density at radius 1 is 1.37 bits per heavy atom. The van der Waals surface area contributed by atoms with Gasteiger partial charge in [0.15, 0.2) is 0 Å². The SMILES string of the molecule is CC(C)CNC(=O)C(C)NC(=O)c1ccnc(F)c1. The number of carbonyl (C=O) groups is 2. The van der Waals surface area contributed by atoms with E-state index in [-0.39, 0.29) is 11.5 Å². The maximum atomic E-state index is 12.9. The molecule has 0 aliphatic heterocycles. The minimum atomic E-state index is -0.732. The lowest BCUT2D eigenvalue weighted by Gasteiger charge is -2.15. The summed E-state index contributed by atoms with van der Waals surface area (Å²) < 4.78 is 12.9. The highest BCUT2D eigenvalue weighted by atomic mass is 19.1. The highest BCUT2D eigenvalue weighted by Crippen LogP contribution is 2.01. The van der Waals surface area contributed by atoms with Gasteiger partial charge in [-0.05, 0) is 18.9 Å². The molecule has 2 N–H and O–H groups in total. The summed E-state index contributed by atoms with van der Waals surface area (Å²) in [6.07, 6.45) is 1.20. The molecule has 0 radical (unpaired) electrons. The van der Waals surface area contributed by atoms with Crippen LogP contribution in [0.4, 0.5) is 4.39 Å². The third kappa shape index (κ3) is 5.03. The van der Waals surface area contributed by atoms with Crippen molar-refractivity contribution in [3.05, 3.63) is 29.8 Å². The van der Waals surface area contributed by atoms with Gasteiger partial charge in [-0.2, -0.15) is 4.39 Å². The minimum Gasteiger partial charge on any atom is -0.354 e. The van der Waals surface area contributed by atoms with Crippen molar-refractivity contribution in [2.45, 2.75) is 26.8 Å². The summed E-state index contributed by atoms with van der Waals surface area (Å²) in [5, 5.41) is 5.21. The number of aromatic nitrogens is 1. The van der Waals surface area contributed by atoms with Crippen LogP contribution in [0.25, 0.3) is 0 Å². The van der Waals surface area contributed by atoms with E-state index in [0.717, 1.165) is 6.07 Å². The average Bonchev–Trinajstić information content (AvgIpc) is 2.35. The number of hydrogen-bond acceptors (Lipinski definition) is 3. The summed E-state index contributed by atoms with van der Waals surface area (Å²) in [5.74, 6) is -1.17. The standard InChI is InChI=1S/C13H18FN3O2/c1-8(2)7-16-12(18)9(3)17-13(19)10-4-5-15-11(14)6-10/h4-6,8-9H,7H2,1-3H3,(H,16,18)(H,17,19). The molecule has 104 valence electrons. The molecule has 1 rings (SSSR count). The Kier molecular flexibility index (Phi) is 5.41. The van der Waals surface area contributed by atoms with E-state index >= 15 is 0 Å². The van der Waals surface area contributed by atoms with Crippen LogP contribution in [0.3, 0.4) is 0 Å². The fourth-order valence-corrected chi connectivity index (χ4v) is 1.35. The predicted molar refractivity (Wildman–Crippen MR) is 69.0 cm³/mol. The largest absolute Gasteiger partial charge is 0.354 e. The molecule has 0 fully saturated rings. The van der Waals surface area contributed by atoms with Crippen LogP contribution in [0.1, 0.15) is 31.1 Å². The third-order valence-electron chi connectivity index (χ3n) is 2.41. The molecule has 2 amide bonds. The molecule has 6 heteroatoms. The third-order valence-corrected chi connectivity index (χ3v) is 2.41. The van der Waals surface area contributed by atoms with Crippen LogP contribution in [0.2, 0.25) is 0 Å². The van der Waals surface area contributed by atoms with E-state index in [4.69, 9.17) is 0 Å². The second-order valence-corrected chi connectivity index (χ2v) is 4.70. The maximum absolute atomic E-state index is 12.9. The molecule has 0 saturated carbocycles. The van der Waals surface area contributed by atoms with Gasteiger partial charge in [0.2, 0.25) is 11.9 Å². The monoisotopic (exact) mass is 267 g/mol. The van der Waals surface area contributed by atoms with Crippen LogP contribution in [-0.2, 0) is 4.79 Å². The van der Waals surface area contributed by atoms with Crippen molar-refractivity contribution in [2.24, 2.45) is 5.92 Å². The van der Waals surface area contributed by atoms with Crippen LogP contribution in [0.15, 0.2) is 18.3 Å². The molecular formula is C13H18FN3O2. The van der Waals surface area contributed by atoms with Gasteiger partial charge >= 0.3 is 0 Å². The number of nitrogens with one attached hydrogen (secondary N) is 2. The molecule has 19 heavy (non-hydrogen) atoms. The summed E-state index contributed by atoms with van der Waals surface area (Å²) in [7, 11) is 0. The molecule has 1 unspecified atom stereocenters. The van der Waals surface area contributed by atoms with Crippen molar-refractivity contribution >= 4 is 11.8 Å². The number of hydrogen-bond donors (Lipinski definition) is 2. The van der Waals surface area contributed by atoms with Crippen LogP contribution in [0.5, 0.6) is 0 Å². The van der Waals surface area contributed by atoms with Crippen LogP contribution in [-0.4, -0.2) is 29.4 Å². The van der Waals surface area contributed by atoms with Crippen molar-refractivity contribution in [1.82, 2.24) is 15.6 Å². The van der Waals surface area contributed by atoms with Crippen LogP contribution < -0.4 is 10.6 Å². The Morgan fingerprint density at radius 2 is 2.05 bits per heavy atom. The second-order valence-electron chi connectivity index (χ2n) is 4.70. The molecule has 0 bridgehead atoms. The van der Waals surface area contributed by atoms with Crippen molar-refractivity contribution in [3.8, 4) is 0 Å². The Hall–Kier alpha value is -1.98. The fraction of sp³-hybridized carbons (Fsp3) is 0.462. The first-order chi connectivity index (χ1) is 8.90. The molecule has 0 aliphatic rings. The van der Waals surface area contributed by atoms with Crippen LogP contribution in [0, 0.1) is 11.9 Å². The zero-order valence-corrected chi connectivity index (χ0v) is 11.2. The molecule has 0 spiro atoms. The first-order valence-corrected chi connectivity index (χ1v) is 6.10. The zero-order valence-electron chi connectivity index (χ0n) is 11.2. The normalized spacial score (nSPS) is 12.1. The number of rotatable bonds is 5. The number of pyridine rings is 1. The summed E-state index contributed by atoms with van der Waals surface area (Å²) in [5.41, 5.74) is 0.135. The number of nitrogens with zero attached hydrogens (tertiary/aromatic N) is 1. The van der Waals surface area contributed by atoms with Crippen LogP contribution >= 0.6 is 0 Å². The smallest absolute Gasteiger partial charge is 0.252 e. The van der Waals surface area contributed by atoms with Crippen molar-refractivity contribution in [1.29, 1.82) is 0 Å². The quantitative estimate of drug-likeness (QED) is 0.785. The first-order valence-electron chi connectivity index (χ1n) is 6.10. The molecule has 5 nitrogen and oxygen atoms in total. The first kappa shape index (κ1) is 15.1. The highest BCUT2D eigenvalue weighted by molar-refractivity contribution is 5.97. The summed E-state index contributed by atoms with van der Waals surface area (Å²) in [6.45, 7) is 6.07. The Bertz CT molecular complexity index is 463. The van der Waals surface area contributed by atoms with Gasteiger partial charge in [-0.15, -0.1) is 0 Å². The number of halogens is 1. The van der Waals surface area contributed by atoms with Gasteiger partial charge in [-0.3, -0.25) is 9.59 Å². The molecule has 1 heterocycles. The molecule has 1 atom stereocenters. The minimum absolute atomic E-state index is 0.135. The van der Waals surface area contributed by atoms with E-state index in [9.17, 15) is 14.0 Å². The molecular weight excluding hydrogens is 249 g/mol. The van der Waals surface area contributed by atoms with E-state index < -0.39 is 17.9 Å². The lowest BCUT2D eigenvalue weighted by molar-refractivity contribution is -0.122. The second kappa shape index (κ2) is 6.82. The highest BCUT2D eigenvalue weighted by Gasteiger charge is 2.16. The van der Waals surface area contributed by atoms with Gasteiger partial charge in [0.25, 0.3) is 5.91 Å². The van der Waals surface area contributed by atoms with E-state index in [1.807, 2.05) is 13.8 Å². The van der Waals surface area contributed by atoms with Gasteiger partial charge in [0.05, 0.1) is 0 Å². The van der Waals surface area contributed by atoms with Gasteiger partial charge in [-0.1, -0.05) is 13.8 Å². The number of amides is 2. The molecule has 1 aromatic rings.